The molecule has 1 heterocycles. The maximum Gasteiger partial charge on any atom is 0.248 e. The minimum absolute atomic E-state index is 0.224. The standard InChI is InChI=1S/C18H26N2O3/c1-2-3-4-8-11-18(13-21)17(23)19-15(16(22)20-18)12-14-9-6-5-7-10-14/h5-7,9-10,15,21H,2-4,8,11-13H2,1H3,(H,19,23)(H,20,22)/t15-,18?/m0/s1. The number of aliphatic hydroxyl groups excluding tert-OH is 1. The van der Waals surface area contributed by atoms with Crippen LogP contribution in [0.3, 0.4) is 0 Å². The Labute approximate surface area is 137 Å². The van der Waals surface area contributed by atoms with Crippen LogP contribution in [0.4, 0.5) is 0 Å². The lowest BCUT2D eigenvalue weighted by Crippen LogP contribution is -2.71. The van der Waals surface area contributed by atoms with Gasteiger partial charge < -0.3 is 15.7 Å². The van der Waals surface area contributed by atoms with E-state index in [9.17, 15) is 14.7 Å². The van der Waals surface area contributed by atoms with Crippen molar-refractivity contribution in [3.63, 3.8) is 0 Å². The second-order valence-electron chi connectivity index (χ2n) is 6.26. The van der Waals surface area contributed by atoms with Crippen molar-refractivity contribution in [1.82, 2.24) is 10.6 Å². The molecule has 126 valence electrons. The van der Waals surface area contributed by atoms with Gasteiger partial charge in [-0.05, 0) is 12.0 Å². The molecule has 1 aliphatic rings. The molecule has 1 saturated heterocycles. The van der Waals surface area contributed by atoms with Crippen molar-refractivity contribution >= 4 is 11.8 Å². The Kier molecular flexibility index (Phi) is 6.16. The second-order valence-corrected chi connectivity index (χ2v) is 6.26. The van der Waals surface area contributed by atoms with Crippen LogP contribution in [0.2, 0.25) is 0 Å². The summed E-state index contributed by atoms with van der Waals surface area (Å²) in [6.45, 7) is 1.75. The van der Waals surface area contributed by atoms with E-state index in [1.54, 1.807) is 0 Å². The Morgan fingerprint density at radius 3 is 2.52 bits per heavy atom. The highest BCUT2D eigenvalue weighted by Gasteiger charge is 2.45. The van der Waals surface area contributed by atoms with Crippen LogP contribution in [0, 0.1) is 0 Å². The predicted molar refractivity (Wildman–Crippen MR) is 88.8 cm³/mol. The van der Waals surface area contributed by atoms with Crippen molar-refractivity contribution in [3.05, 3.63) is 35.9 Å². The fourth-order valence-corrected chi connectivity index (χ4v) is 2.96. The first kappa shape index (κ1) is 17.5. The number of hydrogen-bond acceptors (Lipinski definition) is 3. The van der Waals surface area contributed by atoms with Crippen LogP contribution in [-0.4, -0.2) is 35.1 Å². The fraction of sp³-hybridized carbons (Fsp3) is 0.556. The molecule has 2 rings (SSSR count). The monoisotopic (exact) mass is 318 g/mol. The van der Waals surface area contributed by atoms with E-state index in [0.29, 0.717) is 12.8 Å². The third-order valence-electron chi connectivity index (χ3n) is 4.43. The molecule has 0 aliphatic carbocycles. The number of unbranched alkanes of at least 4 members (excludes halogenated alkanes) is 3. The Bertz CT molecular complexity index is 532. The van der Waals surface area contributed by atoms with Crippen LogP contribution in [-0.2, 0) is 16.0 Å². The van der Waals surface area contributed by atoms with E-state index in [2.05, 4.69) is 17.6 Å². The molecule has 0 saturated carbocycles. The molecular formula is C18H26N2O3. The summed E-state index contributed by atoms with van der Waals surface area (Å²) in [6.07, 6.45) is 4.92. The molecule has 5 nitrogen and oxygen atoms in total. The molecule has 5 heteroatoms. The molecule has 2 atom stereocenters. The number of piperazine rings is 1. The number of rotatable bonds is 8. The van der Waals surface area contributed by atoms with E-state index in [-0.39, 0.29) is 18.4 Å². The van der Waals surface area contributed by atoms with Gasteiger partial charge in [0.15, 0.2) is 0 Å². The van der Waals surface area contributed by atoms with Crippen molar-refractivity contribution in [1.29, 1.82) is 0 Å². The van der Waals surface area contributed by atoms with Crippen molar-refractivity contribution in [2.45, 2.75) is 57.0 Å². The van der Waals surface area contributed by atoms with Gasteiger partial charge in [-0.1, -0.05) is 62.9 Å². The molecule has 1 aromatic carbocycles. The van der Waals surface area contributed by atoms with E-state index >= 15 is 0 Å². The van der Waals surface area contributed by atoms with E-state index < -0.39 is 11.6 Å². The highest BCUT2D eigenvalue weighted by molar-refractivity contribution is 6.00. The van der Waals surface area contributed by atoms with E-state index in [1.807, 2.05) is 30.3 Å². The lowest BCUT2D eigenvalue weighted by Gasteiger charge is -2.39. The zero-order valence-corrected chi connectivity index (χ0v) is 13.7. The summed E-state index contributed by atoms with van der Waals surface area (Å²) < 4.78 is 0. The van der Waals surface area contributed by atoms with Gasteiger partial charge in [-0.25, -0.2) is 0 Å². The number of amides is 2. The molecule has 1 fully saturated rings. The van der Waals surface area contributed by atoms with Gasteiger partial charge in [0.1, 0.15) is 11.6 Å². The van der Waals surface area contributed by atoms with Gasteiger partial charge in [-0.2, -0.15) is 0 Å². The zero-order chi connectivity index (χ0) is 16.7. The third kappa shape index (κ3) is 4.32. The number of benzene rings is 1. The molecule has 2 amide bonds. The Balaban J connectivity index is 1.99. The summed E-state index contributed by atoms with van der Waals surface area (Å²) in [4.78, 5) is 24.8. The van der Waals surface area contributed by atoms with Gasteiger partial charge in [-0.3, -0.25) is 9.59 Å². The fourth-order valence-electron chi connectivity index (χ4n) is 2.96. The Hall–Kier alpha value is -1.88. The van der Waals surface area contributed by atoms with Crippen molar-refractivity contribution < 1.29 is 14.7 Å². The Morgan fingerprint density at radius 2 is 1.87 bits per heavy atom. The third-order valence-corrected chi connectivity index (χ3v) is 4.43. The van der Waals surface area contributed by atoms with E-state index in [0.717, 1.165) is 31.2 Å². The van der Waals surface area contributed by atoms with Gasteiger partial charge in [0, 0.05) is 6.42 Å². The van der Waals surface area contributed by atoms with Crippen molar-refractivity contribution in [3.8, 4) is 0 Å². The second kappa shape index (κ2) is 8.11. The zero-order valence-electron chi connectivity index (χ0n) is 13.7. The molecule has 0 bridgehead atoms. The molecule has 1 aromatic rings. The lowest BCUT2D eigenvalue weighted by atomic mass is 9.87. The Morgan fingerprint density at radius 1 is 1.13 bits per heavy atom. The average Bonchev–Trinajstić information content (AvgIpc) is 2.57. The van der Waals surface area contributed by atoms with Gasteiger partial charge in [0.25, 0.3) is 0 Å². The van der Waals surface area contributed by atoms with Crippen LogP contribution in [0.15, 0.2) is 30.3 Å². The summed E-state index contributed by atoms with van der Waals surface area (Å²) in [5.74, 6) is -0.505. The first-order chi connectivity index (χ1) is 11.1. The summed E-state index contributed by atoms with van der Waals surface area (Å²) in [7, 11) is 0. The summed E-state index contributed by atoms with van der Waals surface area (Å²) >= 11 is 0. The molecule has 3 N–H and O–H groups in total. The van der Waals surface area contributed by atoms with Crippen LogP contribution in [0.25, 0.3) is 0 Å². The maximum atomic E-state index is 12.5. The smallest absolute Gasteiger partial charge is 0.248 e. The number of hydrogen-bond donors (Lipinski definition) is 3. The van der Waals surface area contributed by atoms with Crippen LogP contribution in [0.1, 0.15) is 44.6 Å². The first-order valence-electron chi connectivity index (χ1n) is 8.39. The molecule has 0 aromatic heterocycles. The minimum Gasteiger partial charge on any atom is -0.393 e. The molecule has 1 aliphatic heterocycles. The largest absolute Gasteiger partial charge is 0.393 e. The maximum absolute atomic E-state index is 12.5. The molecular weight excluding hydrogens is 292 g/mol. The number of carbonyl (C=O) groups excluding carboxylic acids is 2. The van der Waals surface area contributed by atoms with Crippen LogP contribution in [0.5, 0.6) is 0 Å². The number of nitrogens with one attached hydrogen (secondary N) is 2. The molecule has 0 radical (unpaired) electrons. The highest BCUT2D eigenvalue weighted by Crippen LogP contribution is 2.20. The van der Waals surface area contributed by atoms with Crippen LogP contribution < -0.4 is 10.6 Å². The molecule has 23 heavy (non-hydrogen) atoms. The summed E-state index contributed by atoms with van der Waals surface area (Å²) in [6, 6.07) is 9.00. The first-order valence-corrected chi connectivity index (χ1v) is 8.39. The van der Waals surface area contributed by atoms with Gasteiger partial charge >= 0.3 is 0 Å². The molecule has 0 spiro atoms. The summed E-state index contributed by atoms with van der Waals surface area (Å²) in [5.41, 5.74) is -0.176. The quantitative estimate of drug-likeness (QED) is 0.636. The minimum atomic E-state index is -1.17. The number of carbonyl (C=O) groups is 2. The van der Waals surface area contributed by atoms with Gasteiger partial charge in [-0.15, -0.1) is 0 Å². The molecule has 1 unspecified atom stereocenters. The van der Waals surface area contributed by atoms with Gasteiger partial charge in [0.2, 0.25) is 11.8 Å². The topological polar surface area (TPSA) is 78.4 Å². The SMILES string of the molecule is CCCCCCC1(CO)NC(=O)[C@H](Cc2ccccc2)NC1=O. The number of aliphatic hydroxyl groups is 1. The van der Waals surface area contributed by atoms with E-state index in [1.165, 1.54) is 0 Å². The van der Waals surface area contributed by atoms with E-state index in [4.69, 9.17) is 0 Å². The lowest BCUT2D eigenvalue weighted by molar-refractivity contribution is -0.143. The average molecular weight is 318 g/mol. The highest BCUT2D eigenvalue weighted by atomic mass is 16.3. The van der Waals surface area contributed by atoms with Crippen molar-refractivity contribution in [2.24, 2.45) is 0 Å². The summed E-state index contributed by atoms with van der Waals surface area (Å²) in [5, 5.41) is 15.2. The predicted octanol–water partition coefficient (Wildman–Crippen LogP) is 1.55. The van der Waals surface area contributed by atoms with Gasteiger partial charge in [0.05, 0.1) is 6.61 Å². The van der Waals surface area contributed by atoms with Crippen LogP contribution >= 0.6 is 0 Å². The van der Waals surface area contributed by atoms with Crippen molar-refractivity contribution in [2.75, 3.05) is 6.61 Å². The normalized spacial score (nSPS) is 24.2.